The Balaban J connectivity index is 2.16. The SMILES string of the molecule is Cc1cc(C)cc(N[C@@H](C)c2ccccc2)c1. The molecule has 1 nitrogen and oxygen atoms in total. The molecule has 0 radical (unpaired) electrons. The average molecular weight is 225 g/mol. The van der Waals surface area contributed by atoms with Crippen LogP contribution in [0.25, 0.3) is 0 Å². The standard InChI is InChI=1S/C16H19N/c1-12-9-13(2)11-16(10-12)17-14(3)15-7-5-4-6-8-15/h4-11,14,17H,1-3H3/t14-/m0/s1. The van der Waals surface area contributed by atoms with Crippen LogP contribution >= 0.6 is 0 Å². The quantitative estimate of drug-likeness (QED) is 0.812. The van der Waals surface area contributed by atoms with Crippen molar-refractivity contribution in [2.24, 2.45) is 0 Å². The van der Waals surface area contributed by atoms with Gasteiger partial charge in [0.15, 0.2) is 0 Å². The Labute approximate surface area is 103 Å². The van der Waals surface area contributed by atoms with Crippen molar-refractivity contribution in [3.63, 3.8) is 0 Å². The van der Waals surface area contributed by atoms with Crippen LogP contribution in [0.15, 0.2) is 48.5 Å². The van der Waals surface area contributed by atoms with Crippen LogP contribution in [0.4, 0.5) is 5.69 Å². The molecule has 1 atom stereocenters. The van der Waals surface area contributed by atoms with E-state index in [1.165, 1.54) is 22.4 Å². The van der Waals surface area contributed by atoms with E-state index in [-0.39, 0.29) is 0 Å². The molecule has 0 unspecified atom stereocenters. The van der Waals surface area contributed by atoms with Gasteiger partial charge in [0.2, 0.25) is 0 Å². The summed E-state index contributed by atoms with van der Waals surface area (Å²) in [5.74, 6) is 0. The van der Waals surface area contributed by atoms with Crippen LogP contribution in [0.5, 0.6) is 0 Å². The van der Waals surface area contributed by atoms with E-state index in [2.05, 4.69) is 68.6 Å². The largest absolute Gasteiger partial charge is 0.379 e. The van der Waals surface area contributed by atoms with Crippen molar-refractivity contribution < 1.29 is 0 Å². The first-order chi connectivity index (χ1) is 8.15. The number of rotatable bonds is 3. The maximum Gasteiger partial charge on any atom is 0.0485 e. The second-order valence-corrected chi connectivity index (χ2v) is 4.65. The molecule has 1 N–H and O–H groups in total. The van der Waals surface area contributed by atoms with Crippen molar-refractivity contribution in [1.82, 2.24) is 0 Å². The maximum absolute atomic E-state index is 3.54. The second-order valence-electron chi connectivity index (χ2n) is 4.65. The van der Waals surface area contributed by atoms with Gasteiger partial charge >= 0.3 is 0 Å². The van der Waals surface area contributed by atoms with Crippen LogP contribution in [0.2, 0.25) is 0 Å². The van der Waals surface area contributed by atoms with Gasteiger partial charge in [0.25, 0.3) is 0 Å². The van der Waals surface area contributed by atoms with E-state index in [1.54, 1.807) is 0 Å². The summed E-state index contributed by atoms with van der Waals surface area (Å²) in [7, 11) is 0. The lowest BCUT2D eigenvalue weighted by Crippen LogP contribution is -2.06. The third-order valence-corrected chi connectivity index (χ3v) is 2.90. The molecule has 0 aliphatic carbocycles. The van der Waals surface area contributed by atoms with Gasteiger partial charge in [-0.25, -0.2) is 0 Å². The van der Waals surface area contributed by atoms with Gasteiger partial charge in [0, 0.05) is 11.7 Å². The van der Waals surface area contributed by atoms with Crippen molar-refractivity contribution in [3.05, 3.63) is 65.2 Å². The summed E-state index contributed by atoms with van der Waals surface area (Å²) in [4.78, 5) is 0. The van der Waals surface area contributed by atoms with Crippen molar-refractivity contribution in [2.75, 3.05) is 5.32 Å². The molecular weight excluding hydrogens is 206 g/mol. The van der Waals surface area contributed by atoms with Crippen LogP contribution < -0.4 is 5.32 Å². The smallest absolute Gasteiger partial charge is 0.0485 e. The Hall–Kier alpha value is -1.76. The highest BCUT2D eigenvalue weighted by Crippen LogP contribution is 2.20. The summed E-state index contributed by atoms with van der Waals surface area (Å²) in [5.41, 5.74) is 5.10. The first kappa shape index (κ1) is 11.7. The average Bonchev–Trinajstić information content (AvgIpc) is 2.28. The van der Waals surface area contributed by atoms with E-state index >= 15 is 0 Å². The van der Waals surface area contributed by atoms with Crippen LogP contribution in [0.1, 0.15) is 29.7 Å². The molecule has 0 aromatic heterocycles. The highest BCUT2D eigenvalue weighted by molar-refractivity contribution is 5.49. The molecule has 0 fully saturated rings. The number of nitrogens with one attached hydrogen (secondary N) is 1. The number of hydrogen-bond donors (Lipinski definition) is 1. The van der Waals surface area contributed by atoms with Crippen molar-refractivity contribution in [1.29, 1.82) is 0 Å². The van der Waals surface area contributed by atoms with Crippen molar-refractivity contribution in [3.8, 4) is 0 Å². The van der Waals surface area contributed by atoms with Gasteiger partial charge in [-0.3, -0.25) is 0 Å². The molecule has 0 aliphatic rings. The topological polar surface area (TPSA) is 12.0 Å². The molecule has 0 aliphatic heterocycles. The van der Waals surface area contributed by atoms with Crippen LogP contribution in [-0.2, 0) is 0 Å². The Kier molecular flexibility index (Phi) is 3.48. The lowest BCUT2D eigenvalue weighted by Gasteiger charge is -2.16. The van der Waals surface area contributed by atoms with Gasteiger partial charge in [0.05, 0.1) is 0 Å². The Morgan fingerprint density at radius 3 is 2.06 bits per heavy atom. The number of benzene rings is 2. The fourth-order valence-electron chi connectivity index (χ4n) is 2.13. The summed E-state index contributed by atoms with van der Waals surface area (Å²) < 4.78 is 0. The fraction of sp³-hybridized carbons (Fsp3) is 0.250. The molecule has 88 valence electrons. The molecule has 0 heterocycles. The zero-order valence-electron chi connectivity index (χ0n) is 10.7. The predicted molar refractivity (Wildman–Crippen MR) is 74.4 cm³/mol. The molecule has 2 aromatic carbocycles. The van der Waals surface area contributed by atoms with E-state index in [1.807, 2.05) is 6.07 Å². The molecule has 2 aromatic rings. The second kappa shape index (κ2) is 5.05. The van der Waals surface area contributed by atoms with E-state index in [0.29, 0.717) is 6.04 Å². The van der Waals surface area contributed by atoms with E-state index in [4.69, 9.17) is 0 Å². The van der Waals surface area contributed by atoms with Gasteiger partial charge in [-0.05, 0) is 49.6 Å². The van der Waals surface area contributed by atoms with Crippen molar-refractivity contribution in [2.45, 2.75) is 26.8 Å². The summed E-state index contributed by atoms with van der Waals surface area (Å²) in [6, 6.07) is 17.4. The summed E-state index contributed by atoms with van der Waals surface area (Å²) in [6.07, 6.45) is 0. The molecule has 0 bridgehead atoms. The Bertz CT molecular complexity index is 468. The normalized spacial score (nSPS) is 12.2. The molecule has 0 amide bonds. The summed E-state index contributed by atoms with van der Waals surface area (Å²) >= 11 is 0. The Morgan fingerprint density at radius 2 is 1.47 bits per heavy atom. The molecule has 0 saturated heterocycles. The van der Waals surface area contributed by atoms with E-state index in [9.17, 15) is 0 Å². The minimum Gasteiger partial charge on any atom is -0.379 e. The highest BCUT2D eigenvalue weighted by Gasteiger charge is 2.04. The third kappa shape index (κ3) is 3.10. The lowest BCUT2D eigenvalue weighted by atomic mass is 10.1. The zero-order chi connectivity index (χ0) is 12.3. The molecule has 1 heteroatoms. The minimum atomic E-state index is 0.331. The molecule has 17 heavy (non-hydrogen) atoms. The van der Waals surface area contributed by atoms with Gasteiger partial charge in [-0.15, -0.1) is 0 Å². The lowest BCUT2D eigenvalue weighted by molar-refractivity contribution is 0.884. The molecule has 0 spiro atoms. The summed E-state index contributed by atoms with van der Waals surface area (Å²) in [5, 5.41) is 3.54. The van der Waals surface area contributed by atoms with E-state index < -0.39 is 0 Å². The molecule has 2 rings (SSSR count). The van der Waals surface area contributed by atoms with Gasteiger partial charge in [0.1, 0.15) is 0 Å². The summed E-state index contributed by atoms with van der Waals surface area (Å²) in [6.45, 7) is 6.45. The van der Waals surface area contributed by atoms with Crippen LogP contribution in [0.3, 0.4) is 0 Å². The number of hydrogen-bond acceptors (Lipinski definition) is 1. The van der Waals surface area contributed by atoms with Crippen LogP contribution in [0, 0.1) is 13.8 Å². The first-order valence-corrected chi connectivity index (χ1v) is 6.05. The zero-order valence-corrected chi connectivity index (χ0v) is 10.7. The van der Waals surface area contributed by atoms with Gasteiger partial charge in [-0.1, -0.05) is 36.4 Å². The van der Waals surface area contributed by atoms with E-state index in [0.717, 1.165) is 0 Å². The first-order valence-electron chi connectivity index (χ1n) is 6.05. The van der Waals surface area contributed by atoms with Gasteiger partial charge < -0.3 is 5.32 Å². The Morgan fingerprint density at radius 1 is 0.882 bits per heavy atom. The third-order valence-electron chi connectivity index (χ3n) is 2.90. The monoisotopic (exact) mass is 225 g/mol. The number of aryl methyl sites for hydroxylation is 2. The van der Waals surface area contributed by atoms with Crippen molar-refractivity contribution >= 4 is 5.69 Å². The van der Waals surface area contributed by atoms with Crippen LogP contribution in [-0.4, -0.2) is 0 Å². The molecular formula is C16H19N. The fourth-order valence-corrected chi connectivity index (χ4v) is 2.13. The predicted octanol–water partition coefficient (Wildman–Crippen LogP) is 4.48. The minimum absolute atomic E-state index is 0.331. The number of anilines is 1. The van der Waals surface area contributed by atoms with Gasteiger partial charge in [-0.2, -0.15) is 0 Å². The molecule has 0 saturated carbocycles. The maximum atomic E-state index is 3.54. The highest BCUT2D eigenvalue weighted by atomic mass is 14.9.